The van der Waals surface area contributed by atoms with Crippen LogP contribution in [0.25, 0.3) is 0 Å². The third-order valence-electron chi connectivity index (χ3n) is 2.66. The molecule has 2 aliphatic rings. The summed E-state index contributed by atoms with van der Waals surface area (Å²) in [5.41, 5.74) is 0.482. The van der Waals surface area contributed by atoms with Crippen molar-refractivity contribution >= 4 is 41.6 Å². The second kappa shape index (κ2) is 4.58. The summed E-state index contributed by atoms with van der Waals surface area (Å²) >= 11 is 7.05. The highest BCUT2D eigenvalue weighted by molar-refractivity contribution is 8.00. The molecule has 6 nitrogen and oxygen atoms in total. The van der Waals surface area contributed by atoms with Gasteiger partial charge in [0.1, 0.15) is 17.1 Å². The number of alkyl halides is 1. The van der Waals surface area contributed by atoms with E-state index in [9.17, 15) is 14.4 Å². The number of hydrogen-bond acceptors (Lipinski definition) is 4. The van der Waals surface area contributed by atoms with Gasteiger partial charge in [-0.05, 0) is 5.57 Å². The Morgan fingerprint density at radius 2 is 2.41 bits per heavy atom. The Morgan fingerprint density at radius 3 is 2.94 bits per heavy atom. The molecule has 0 spiro atoms. The van der Waals surface area contributed by atoms with Gasteiger partial charge in [-0.15, -0.1) is 23.4 Å². The zero-order valence-corrected chi connectivity index (χ0v) is 10.1. The van der Waals surface area contributed by atoms with Gasteiger partial charge in [-0.3, -0.25) is 14.5 Å². The van der Waals surface area contributed by atoms with Crippen LogP contribution in [0.1, 0.15) is 0 Å². The summed E-state index contributed by atoms with van der Waals surface area (Å²) in [4.78, 5) is 34.3. The van der Waals surface area contributed by atoms with Crippen LogP contribution in [-0.2, 0) is 14.4 Å². The van der Waals surface area contributed by atoms with Crippen molar-refractivity contribution in [3.63, 3.8) is 0 Å². The van der Waals surface area contributed by atoms with E-state index in [-0.39, 0.29) is 17.0 Å². The third kappa shape index (κ3) is 1.79. The highest BCUT2D eigenvalue weighted by atomic mass is 35.5. The fourth-order valence-electron chi connectivity index (χ4n) is 1.88. The number of carboxylic acid groups (broad SMARTS) is 1. The summed E-state index contributed by atoms with van der Waals surface area (Å²) in [6.45, 7) is 0. The summed E-state index contributed by atoms with van der Waals surface area (Å²) in [5.74, 6) is -1.04. The summed E-state index contributed by atoms with van der Waals surface area (Å²) in [5, 5.41) is 11.1. The monoisotopic (exact) mass is 276 g/mol. The number of aliphatic carboxylic acids is 1. The Labute approximate surface area is 106 Å². The van der Waals surface area contributed by atoms with Gasteiger partial charge in [0.2, 0.25) is 6.41 Å². The molecule has 8 heteroatoms. The molecule has 2 amide bonds. The van der Waals surface area contributed by atoms with Crippen LogP contribution in [-0.4, -0.2) is 51.3 Å². The second-order valence-corrected chi connectivity index (χ2v) is 4.94. The van der Waals surface area contributed by atoms with Crippen molar-refractivity contribution in [2.24, 2.45) is 0 Å². The van der Waals surface area contributed by atoms with E-state index in [2.05, 4.69) is 5.32 Å². The second-order valence-electron chi connectivity index (χ2n) is 3.56. The SMILES string of the molecule is O=CNC1C(=O)N2C(C(=O)O)=C(CCl)CS[C@@H]12. The van der Waals surface area contributed by atoms with Crippen molar-refractivity contribution in [1.82, 2.24) is 10.2 Å². The Hall–Kier alpha value is -1.21. The number of carbonyl (C=O) groups is 3. The Morgan fingerprint density at radius 1 is 1.71 bits per heavy atom. The van der Waals surface area contributed by atoms with E-state index in [1.165, 1.54) is 16.7 Å². The number of nitrogens with one attached hydrogen (secondary N) is 1. The lowest BCUT2D eigenvalue weighted by Crippen LogP contribution is -2.69. The van der Waals surface area contributed by atoms with Gasteiger partial charge in [-0.1, -0.05) is 0 Å². The Kier molecular flexibility index (Phi) is 3.30. The van der Waals surface area contributed by atoms with Crippen molar-refractivity contribution in [2.75, 3.05) is 11.6 Å². The van der Waals surface area contributed by atoms with E-state index in [4.69, 9.17) is 16.7 Å². The first-order valence-corrected chi connectivity index (χ1v) is 6.35. The van der Waals surface area contributed by atoms with Gasteiger partial charge in [0.15, 0.2) is 0 Å². The number of fused-ring (bicyclic) bond motifs is 1. The van der Waals surface area contributed by atoms with Gasteiger partial charge in [0.25, 0.3) is 5.91 Å². The lowest BCUT2D eigenvalue weighted by atomic mass is 10.0. The van der Waals surface area contributed by atoms with Gasteiger partial charge in [0, 0.05) is 11.6 Å². The van der Waals surface area contributed by atoms with E-state index in [0.29, 0.717) is 17.7 Å². The van der Waals surface area contributed by atoms with Crippen LogP contribution < -0.4 is 5.32 Å². The van der Waals surface area contributed by atoms with Crippen LogP contribution in [0.5, 0.6) is 0 Å². The molecule has 2 N–H and O–H groups in total. The molecule has 1 unspecified atom stereocenters. The quantitative estimate of drug-likeness (QED) is 0.414. The lowest BCUT2D eigenvalue weighted by molar-refractivity contribution is -0.149. The molecule has 2 rings (SSSR count). The molecule has 17 heavy (non-hydrogen) atoms. The zero-order chi connectivity index (χ0) is 12.6. The van der Waals surface area contributed by atoms with E-state index in [0.717, 1.165) is 0 Å². The fourth-order valence-corrected chi connectivity index (χ4v) is 3.57. The number of nitrogens with zero attached hydrogens (tertiary/aromatic N) is 1. The lowest BCUT2D eigenvalue weighted by Gasteiger charge is -2.48. The number of hydrogen-bond donors (Lipinski definition) is 2. The standard InChI is InChI=1S/C9H9ClN2O4S/c10-1-4-2-17-8-5(11-3-13)7(14)12(8)6(4)9(15)16/h3,5,8H,1-2H2,(H,11,13)(H,15,16)/t5?,8-/m0/s1. The van der Waals surface area contributed by atoms with E-state index < -0.39 is 17.9 Å². The molecule has 1 fully saturated rings. The average molecular weight is 277 g/mol. The van der Waals surface area contributed by atoms with Gasteiger partial charge in [0.05, 0.1) is 0 Å². The molecule has 1 saturated heterocycles. The summed E-state index contributed by atoms with van der Waals surface area (Å²) in [6.07, 6.45) is 0.446. The van der Waals surface area contributed by atoms with E-state index in [1.54, 1.807) is 0 Å². The van der Waals surface area contributed by atoms with Crippen molar-refractivity contribution in [3.8, 4) is 0 Å². The van der Waals surface area contributed by atoms with Crippen molar-refractivity contribution in [2.45, 2.75) is 11.4 Å². The maximum atomic E-state index is 11.7. The Bertz CT molecular complexity index is 425. The van der Waals surface area contributed by atoms with Crippen molar-refractivity contribution in [3.05, 3.63) is 11.3 Å². The smallest absolute Gasteiger partial charge is 0.352 e. The maximum Gasteiger partial charge on any atom is 0.352 e. The number of rotatable bonds is 4. The average Bonchev–Trinajstić information content (AvgIpc) is 2.33. The predicted octanol–water partition coefficient (Wildman–Crippen LogP) is -0.406. The first-order chi connectivity index (χ1) is 8.11. The molecule has 0 aromatic carbocycles. The molecule has 0 bridgehead atoms. The molecule has 92 valence electrons. The van der Waals surface area contributed by atoms with Crippen molar-refractivity contribution < 1.29 is 19.5 Å². The largest absolute Gasteiger partial charge is 0.477 e. The minimum Gasteiger partial charge on any atom is -0.477 e. The highest BCUT2D eigenvalue weighted by Gasteiger charge is 2.53. The van der Waals surface area contributed by atoms with Crippen LogP contribution >= 0.6 is 23.4 Å². The molecule has 0 aromatic heterocycles. The van der Waals surface area contributed by atoms with Crippen LogP contribution in [0.2, 0.25) is 0 Å². The summed E-state index contributed by atoms with van der Waals surface area (Å²) < 4.78 is 0. The molecule has 2 aliphatic heterocycles. The summed E-state index contributed by atoms with van der Waals surface area (Å²) in [7, 11) is 0. The van der Waals surface area contributed by atoms with Crippen molar-refractivity contribution in [1.29, 1.82) is 0 Å². The topological polar surface area (TPSA) is 86.7 Å². The molecular weight excluding hydrogens is 268 g/mol. The van der Waals surface area contributed by atoms with E-state index in [1.807, 2.05) is 0 Å². The third-order valence-corrected chi connectivity index (χ3v) is 4.32. The zero-order valence-electron chi connectivity index (χ0n) is 8.55. The number of carbonyl (C=O) groups excluding carboxylic acids is 2. The first kappa shape index (κ1) is 12.3. The van der Waals surface area contributed by atoms with E-state index >= 15 is 0 Å². The fraction of sp³-hybridized carbons (Fsp3) is 0.444. The molecule has 0 aromatic rings. The normalized spacial score (nSPS) is 27.4. The Balaban J connectivity index is 2.29. The minimum absolute atomic E-state index is 0.0438. The van der Waals surface area contributed by atoms with Crippen LogP contribution in [0.3, 0.4) is 0 Å². The minimum atomic E-state index is -1.16. The number of halogens is 1. The van der Waals surface area contributed by atoms with Gasteiger partial charge >= 0.3 is 5.97 Å². The highest BCUT2D eigenvalue weighted by Crippen LogP contribution is 2.40. The van der Waals surface area contributed by atoms with Gasteiger partial charge in [-0.2, -0.15) is 0 Å². The number of β-lactam (4-membered cyclic amide) rings is 1. The molecule has 0 radical (unpaired) electrons. The van der Waals surface area contributed by atoms with Crippen LogP contribution in [0.15, 0.2) is 11.3 Å². The number of thioether (sulfide) groups is 1. The molecule has 0 saturated carbocycles. The van der Waals surface area contributed by atoms with Gasteiger partial charge in [-0.25, -0.2) is 4.79 Å². The molecule has 2 heterocycles. The molecular formula is C9H9ClN2O4S. The predicted molar refractivity (Wildman–Crippen MR) is 61.5 cm³/mol. The molecule has 2 atom stereocenters. The number of carboxylic acids is 1. The molecule has 0 aliphatic carbocycles. The van der Waals surface area contributed by atoms with Gasteiger partial charge < -0.3 is 10.4 Å². The maximum absolute atomic E-state index is 11.7. The first-order valence-electron chi connectivity index (χ1n) is 4.77. The summed E-state index contributed by atoms with van der Waals surface area (Å²) in [6, 6.07) is -0.635. The number of amides is 2. The van der Waals surface area contributed by atoms with Crippen LogP contribution in [0, 0.1) is 0 Å². The van der Waals surface area contributed by atoms with Crippen LogP contribution in [0.4, 0.5) is 0 Å².